The van der Waals surface area contributed by atoms with Crippen molar-refractivity contribution >= 4 is 101 Å². The number of aromatic nitrogens is 2. The van der Waals surface area contributed by atoms with Crippen molar-refractivity contribution in [2.75, 3.05) is 0 Å². The highest BCUT2D eigenvalue weighted by Gasteiger charge is 2.17. The molecule has 6 rings (SSSR count). The Hall–Kier alpha value is -1.92. The third-order valence-electron chi connectivity index (χ3n) is 5.70. The van der Waals surface area contributed by atoms with Gasteiger partial charge in [0, 0.05) is 43.6 Å². The number of para-hydroxylation sites is 2. The average molecular weight is 411 g/mol. The predicted molar refractivity (Wildman–Crippen MR) is 126 cm³/mol. The second-order valence-corrected chi connectivity index (χ2v) is 10.0. The highest BCUT2D eigenvalue weighted by atomic mass is 27.1. The standard InChI is InChI=1S/C12H8N.C12H6N.3Al/c2*1-3-7-11-9(5-1)10-6-2-4-8-12(10)13-11;;;/h1-8H;1,4-8H;;;/q2*-1;;;+2. The predicted octanol–water partition coefficient (Wildman–Crippen LogP) is 3.42. The second-order valence-electron chi connectivity index (χ2n) is 7.44. The van der Waals surface area contributed by atoms with Crippen molar-refractivity contribution in [3.8, 4) is 0 Å². The Kier molecular flexibility index (Phi) is 4.20. The van der Waals surface area contributed by atoms with Crippen molar-refractivity contribution in [1.29, 1.82) is 0 Å². The molecule has 0 atom stereocenters. The maximum Gasteiger partial charge on any atom is 0.564 e. The minimum Gasteiger partial charge on any atom is -0.420 e. The Morgan fingerprint density at radius 1 is 0.483 bits per heavy atom. The van der Waals surface area contributed by atoms with Crippen LogP contribution in [0, 0.1) is 0 Å². The van der Waals surface area contributed by atoms with Crippen LogP contribution in [0.3, 0.4) is 0 Å². The molecule has 0 bridgehead atoms. The van der Waals surface area contributed by atoms with Crippen molar-refractivity contribution in [2.45, 2.75) is 0 Å². The van der Waals surface area contributed by atoms with Gasteiger partial charge in [0.2, 0.25) is 0 Å². The Bertz CT molecular complexity index is 1510. The molecular formula is C24H14Al3N2. The van der Waals surface area contributed by atoms with Crippen molar-refractivity contribution in [2.24, 2.45) is 0 Å². The largest absolute Gasteiger partial charge is 0.564 e. The van der Waals surface area contributed by atoms with Crippen LogP contribution in [0.15, 0.2) is 84.9 Å². The van der Waals surface area contributed by atoms with Crippen LogP contribution in [0.2, 0.25) is 0 Å². The number of rotatable bonds is 2. The number of nitrogens with zero attached hydrogens (tertiary/aromatic N) is 2. The quantitative estimate of drug-likeness (QED) is 0.387. The SMILES string of the molecule is [Al][c]1ccc2c(c1)c1cc[c]([Al])cc1[n]2[Al][n]1c2ccccc2c2ccccc21. The highest BCUT2D eigenvalue weighted by Crippen LogP contribution is 2.30. The van der Waals surface area contributed by atoms with Gasteiger partial charge in [-0.05, 0) is 18.2 Å². The van der Waals surface area contributed by atoms with E-state index in [0.717, 1.165) is 0 Å². The van der Waals surface area contributed by atoms with E-state index in [2.05, 4.69) is 125 Å². The first-order valence-corrected chi connectivity index (χ1v) is 11.8. The van der Waals surface area contributed by atoms with Crippen LogP contribution in [0.25, 0.3) is 43.6 Å². The van der Waals surface area contributed by atoms with Gasteiger partial charge in [0.15, 0.2) is 32.6 Å². The first-order chi connectivity index (χ1) is 14.2. The van der Waals surface area contributed by atoms with Gasteiger partial charge in [-0.1, -0.05) is 66.7 Å². The molecular weight excluding hydrogens is 397 g/mol. The summed E-state index contributed by atoms with van der Waals surface area (Å²) >= 11 is 5.48. The van der Waals surface area contributed by atoms with E-state index in [-0.39, 0.29) is 15.7 Å². The van der Waals surface area contributed by atoms with E-state index in [1.807, 2.05) is 0 Å². The molecule has 0 saturated carbocycles. The van der Waals surface area contributed by atoms with Crippen LogP contribution in [-0.4, -0.2) is 55.3 Å². The third kappa shape index (κ3) is 2.75. The Morgan fingerprint density at radius 3 is 1.72 bits per heavy atom. The minimum absolute atomic E-state index is 0.198. The summed E-state index contributed by atoms with van der Waals surface area (Å²) in [7, 11) is 0. The number of fused-ring (bicyclic) bond motifs is 6. The van der Waals surface area contributed by atoms with Crippen LogP contribution in [0.5, 0.6) is 0 Å². The lowest BCUT2D eigenvalue weighted by molar-refractivity contribution is 1.23. The van der Waals surface area contributed by atoms with Gasteiger partial charge in [0.05, 0.1) is 0 Å². The molecule has 5 heteroatoms. The molecule has 0 spiro atoms. The zero-order valence-corrected chi connectivity index (χ0v) is 19.2. The number of hydrogen-bond acceptors (Lipinski definition) is 0. The molecule has 29 heavy (non-hydrogen) atoms. The molecule has 2 nitrogen and oxygen atoms in total. The second kappa shape index (κ2) is 6.81. The van der Waals surface area contributed by atoms with Crippen LogP contribution < -0.4 is 8.85 Å². The zero-order chi connectivity index (χ0) is 19.5. The minimum atomic E-state index is -0.198. The Morgan fingerprint density at radius 2 is 1.00 bits per heavy atom. The molecule has 0 fully saturated rings. The van der Waals surface area contributed by atoms with E-state index in [1.54, 1.807) is 0 Å². The summed E-state index contributed by atoms with van der Waals surface area (Å²) in [5.74, 6) is 0. The lowest BCUT2D eigenvalue weighted by atomic mass is 10.1. The molecule has 0 amide bonds. The van der Waals surface area contributed by atoms with Gasteiger partial charge in [-0.3, -0.25) is 0 Å². The lowest BCUT2D eigenvalue weighted by Crippen LogP contribution is -2.17. The molecule has 0 N–H and O–H groups in total. The Balaban J connectivity index is 1.70. The van der Waals surface area contributed by atoms with E-state index in [1.165, 1.54) is 52.5 Å². The van der Waals surface area contributed by atoms with Crippen LogP contribution in [0.1, 0.15) is 0 Å². The molecule has 0 aliphatic rings. The van der Waals surface area contributed by atoms with Gasteiger partial charge in [0.25, 0.3) is 0 Å². The monoisotopic (exact) mass is 411 g/mol. The lowest BCUT2D eigenvalue weighted by Gasteiger charge is -2.11. The van der Waals surface area contributed by atoms with Gasteiger partial charge in [-0.15, -0.1) is 8.85 Å². The number of benzene rings is 4. The van der Waals surface area contributed by atoms with Crippen molar-refractivity contribution in [3.05, 3.63) is 84.9 Å². The fourth-order valence-corrected chi connectivity index (χ4v) is 6.54. The van der Waals surface area contributed by atoms with Gasteiger partial charge in [-0.2, -0.15) is 0 Å². The van der Waals surface area contributed by atoms with Gasteiger partial charge in [0.1, 0.15) is 0 Å². The van der Waals surface area contributed by atoms with Crippen LogP contribution in [-0.2, 0) is 0 Å². The summed E-state index contributed by atoms with van der Waals surface area (Å²) < 4.78 is 7.49. The van der Waals surface area contributed by atoms with Crippen LogP contribution >= 0.6 is 0 Å². The molecule has 0 aliphatic carbocycles. The van der Waals surface area contributed by atoms with E-state index in [0.29, 0.717) is 0 Å². The van der Waals surface area contributed by atoms with Crippen molar-refractivity contribution < 1.29 is 0 Å². The first-order valence-electron chi connectivity index (χ1n) is 9.62. The highest BCUT2D eigenvalue weighted by molar-refractivity contribution is 6.43. The summed E-state index contributed by atoms with van der Waals surface area (Å²) in [6, 6.07) is 31.0. The molecule has 0 aliphatic heterocycles. The van der Waals surface area contributed by atoms with E-state index >= 15 is 0 Å². The smallest absolute Gasteiger partial charge is 0.420 e. The number of hydrogen-bond donors (Lipinski definition) is 0. The van der Waals surface area contributed by atoms with Crippen LogP contribution in [0.4, 0.5) is 0 Å². The third-order valence-corrected chi connectivity index (χ3v) is 7.99. The molecule has 5 radical (unpaired) electrons. The molecule has 2 heterocycles. The average Bonchev–Trinajstić information content (AvgIpc) is 3.21. The molecule has 2 aromatic heterocycles. The topological polar surface area (TPSA) is 9.86 Å². The summed E-state index contributed by atoms with van der Waals surface area (Å²) in [4.78, 5) is 0. The fourth-order valence-electron chi connectivity index (χ4n) is 4.40. The van der Waals surface area contributed by atoms with Gasteiger partial charge in [-0.25, -0.2) is 0 Å². The first kappa shape index (κ1) is 17.9. The maximum atomic E-state index is 2.85. The molecule has 0 unspecified atom stereocenters. The molecule has 6 aromatic rings. The van der Waals surface area contributed by atoms with Crippen molar-refractivity contribution in [1.82, 2.24) is 7.10 Å². The summed E-state index contributed by atoms with van der Waals surface area (Å²) in [5, 5.41) is 5.31. The molecule has 0 saturated heterocycles. The van der Waals surface area contributed by atoms with Gasteiger partial charge < -0.3 is 7.10 Å². The summed E-state index contributed by atoms with van der Waals surface area (Å²) in [5.41, 5.74) is 5.23. The maximum absolute atomic E-state index is 2.85. The van der Waals surface area contributed by atoms with Gasteiger partial charge >= 0.3 is 15.7 Å². The van der Waals surface area contributed by atoms with Crippen molar-refractivity contribution in [3.63, 3.8) is 0 Å². The van der Waals surface area contributed by atoms with E-state index in [9.17, 15) is 0 Å². The summed E-state index contributed by atoms with van der Waals surface area (Å²) in [6.07, 6.45) is 0. The Labute approximate surface area is 191 Å². The normalized spacial score (nSPS) is 11.7. The summed E-state index contributed by atoms with van der Waals surface area (Å²) in [6.45, 7) is 0. The zero-order valence-electron chi connectivity index (χ0n) is 15.7. The van der Waals surface area contributed by atoms with E-state index < -0.39 is 0 Å². The fraction of sp³-hybridized carbons (Fsp3) is 0. The van der Waals surface area contributed by atoms with E-state index in [4.69, 9.17) is 0 Å². The molecule has 129 valence electrons. The molecule has 4 aromatic carbocycles.